The maximum atomic E-state index is 12.1. The van der Waals surface area contributed by atoms with E-state index in [1.165, 1.54) is 0 Å². The zero-order valence-electron chi connectivity index (χ0n) is 11.3. The number of esters is 1. The van der Waals surface area contributed by atoms with Crippen molar-refractivity contribution in [1.29, 1.82) is 0 Å². The Kier molecular flexibility index (Phi) is 3.10. The highest BCUT2D eigenvalue weighted by Crippen LogP contribution is 2.52. The van der Waals surface area contributed by atoms with Crippen LogP contribution in [0.4, 0.5) is 0 Å². The average Bonchev–Trinajstić information content (AvgIpc) is 2.62. The predicted octanol–water partition coefficient (Wildman–Crippen LogP) is 0.743. The molecule has 0 radical (unpaired) electrons. The van der Waals surface area contributed by atoms with Crippen LogP contribution in [-0.2, 0) is 14.3 Å². The molecule has 2 fully saturated rings. The number of nitrogens with one attached hydrogen (secondary N) is 1. The Labute approximate surface area is 122 Å². The normalized spacial score (nSPS) is 44.4. The average molecular weight is 300 g/mol. The minimum atomic E-state index is -1.35. The SMILES string of the molecule is C[C@@]12OC(=O)[C@]1([C@@H](O)C1C=CCCC1)NC(=O)C2CCl. The number of fused-ring (bicyclic) bond motifs is 1. The van der Waals surface area contributed by atoms with Gasteiger partial charge in [-0.05, 0) is 26.2 Å². The van der Waals surface area contributed by atoms with Gasteiger partial charge >= 0.3 is 5.97 Å². The first-order chi connectivity index (χ1) is 9.47. The van der Waals surface area contributed by atoms with Crippen molar-refractivity contribution in [2.24, 2.45) is 11.8 Å². The van der Waals surface area contributed by atoms with Gasteiger partial charge < -0.3 is 15.2 Å². The van der Waals surface area contributed by atoms with Crippen LogP contribution in [0.3, 0.4) is 0 Å². The number of aliphatic hydroxyl groups excluding tert-OH is 1. The van der Waals surface area contributed by atoms with Gasteiger partial charge in [0, 0.05) is 11.8 Å². The van der Waals surface area contributed by atoms with Crippen molar-refractivity contribution in [2.45, 2.75) is 43.4 Å². The topological polar surface area (TPSA) is 75.6 Å². The number of carbonyl (C=O) groups is 2. The van der Waals surface area contributed by atoms with Crippen molar-refractivity contribution in [1.82, 2.24) is 5.32 Å². The fourth-order valence-electron chi connectivity index (χ4n) is 3.69. The van der Waals surface area contributed by atoms with Crippen molar-refractivity contribution >= 4 is 23.5 Å². The van der Waals surface area contributed by atoms with Gasteiger partial charge in [0.05, 0.1) is 12.0 Å². The zero-order valence-corrected chi connectivity index (χ0v) is 12.0. The summed E-state index contributed by atoms with van der Waals surface area (Å²) < 4.78 is 5.25. The van der Waals surface area contributed by atoms with Crippen LogP contribution in [0.2, 0.25) is 0 Å². The fourth-order valence-corrected chi connectivity index (χ4v) is 4.13. The maximum Gasteiger partial charge on any atom is 0.339 e. The molecule has 5 nitrogen and oxygen atoms in total. The minimum Gasteiger partial charge on any atom is -0.453 e. The number of halogens is 1. The van der Waals surface area contributed by atoms with Crippen LogP contribution in [0.15, 0.2) is 12.2 Å². The van der Waals surface area contributed by atoms with E-state index < -0.39 is 29.1 Å². The quantitative estimate of drug-likeness (QED) is 0.458. The molecule has 3 rings (SSSR count). The molecule has 0 aromatic rings. The van der Waals surface area contributed by atoms with Gasteiger partial charge in [0.1, 0.15) is 0 Å². The summed E-state index contributed by atoms with van der Waals surface area (Å²) in [5.41, 5.74) is -2.41. The molecule has 20 heavy (non-hydrogen) atoms. The number of alkyl halides is 1. The largest absolute Gasteiger partial charge is 0.453 e. The third kappa shape index (κ3) is 1.48. The molecule has 2 heterocycles. The van der Waals surface area contributed by atoms with Crippen LogP contribution < -0.4 is 5.32 Å². The van der Waals surface area contributed by atoms with Crippen molar-refractivity contribution in [3.63, 3.8) is 0 Å². The molecule has 3 aliphatic rings. The molecule has 1 amide bonds. The highest BCUT2D eigenvalue weighted by molar-refractivity contribution is 6.20. The van der Waals surface area contributed by atoms with Crippen LogP contribution in [0.1, 0.15) is 26.2 Å². The minimum absolute atomic E-state index is 0.0601. The van der Waals surface area contributed by atoms with Crippen LogP contribution in [0.25, 0.3) is 0 Å². The van der Waals surface area contributed by atoms with Crippen LogP contribution in [-0.4, -0.2) is 40.1 Å². The Balaban J connectivity index is 1.97. The second-order valence-electron chi connectivity index (χ2n) is 5.97. The molecule has 0 spiro atoms. The third-order valence-electron chi connectivity index (χ3n) is 5.01. The van der Waals surface area contributed by atoms with Gasteiger partial charge in [-0.1, -0.05) is 12.2 Å². The van der Waals surface area contributed by atoms with Crippen LogP contribution in [0.5, 0.6) is 0 Å². The van der Waals surface area contributed by atoms with E-state index in [9.17, 15) is 14.7 Å². The number of ether oxygens (including phenoxy) is 1. The molecular formula is C14H18ClNO4. The highest BCUT2D eigenvalue weighted by Gasteiger charge is 2.79. The smallest absolute Gasteiger partial charge is 0.339 e. The summed E-state index contributed by atoms with van der Waals surface area (Å²) in [5.74, 6) is -1.60. The van der Waals surface area contributed by atoms with E-state index in [2.05, 4.69) is 5.32 Å². The number of rotatable bonds is 3. The molecule has 2 unspecified atom stereocenters. The summed E-state index contributed by atoms with van der Waals surface area (Å²) in [6.07, 6.45) is 5.69. The molecular weight excluding hydrogens is 282 g/mol. The summed E-state index contributed by atoms with van der Waals surface area (Å²) >= 11 is 5.84. The Morgan fingerprint density at radius 3 is 2.90 bits per heavy atom. The first-order valence-electron chi connectivity index (χ1n) is 6.93. The molecule has 2 aliphatic heterocycles. The van der Waals surface area contributed by atoms with Crippen LogP contribution in [0, 0.1) is 11.8 Å². The second-order valence-corrected chi connectivity index (χ2v) is 6.28. The van der Waals surface area contributed by atoms with E-state index in [0.717, 1.165) is 19.3 Å². The van der Waals surface area contributed by atoms with Crippen molar-refractivity contribution in [3.05, 3.63) is 12.2 Å². The number of hydrogen-bond donors (Lipinski definition) is 2. The van der Waals surface area contributed by atoms with Gasteiger partial charge in [-0.2, -0.15) is 0 Å². The zero-order chi connectivity index (χ0) is 14.5. The Hall–Kier alpha value is -1.07. The maximum absolute atomic E-state index is 12.1. The first kappa shape index (κ1) is 13.9. The lowest BCUT2D eigenvalue weighted by molar-refractivity contribution is -0.236. The van der Waals surface area contributed by atoms with Crippen molar-refractivity contribution < 1.29 is 19.4 Å². The number of amides is 1. The summed E-state index contributed by atoms with van der Waals surface area (Å²) in [6, 6.07) is 0. The molecule has 1 aliphatic carbocycles. The lowest BCUT2D eigenvalue weighted by atomic mass is 9.65. The van der Waals surface area contributed by atoms with E-state index >= 15 is 0 Å². The Morgan fingerprint density at radius 2 is 2.35 bits per heavy atom. The molecule has 2 N–H and O–H groups in total. The van der Waals surface area contributed by atoms with E-state index in [-0.39, 0.29) is 17.7 Å². The van der Waals surface area contributed by atoms with E-state index in [1.807, 2.05) is 12.2 Å². The lowest BCUT2D eigenvalue weighted by Crippen LogP contribution is -2.80. The lowest BCUT2D eigenvalue weighted by Gasteiger charge is -2.54. The van der Waals surface area contributed by atoms with Crippen molar-refractivity contribution in [3.8, 4) is 0 Å². The van der Waals surface area contributed by atoms with Gasteiger partial charge in [-0.15, -0.1) is 11.6 Å². The molecule has 110 valence electrons. The predicted molar refractivity (Wildman–Crippen MR) is 72.1 cm³/mol. The van der Waals surface area contributed by atoms with Gasteiger partial charge in [0.2, 0.25) is 11.4 Å². The van der Waals surface area contributed by atoms with E-state index in [4.69, 9.17) is 16.3 Å². The van der Waals surface area contributed by atoms with E-state index in [1.54, 1.807) is 6.92 Å². The molecule has 0 bridgehead atoms. The van der Waals surface area contributed by atoms with Gasteiger partial charge in [-0.25, -0.2) is 4.79 Å². The van der Waals surface area contributed by atoms with Crippen molar-refractivity contribution in [2.75, 3.05) is 5.88 Å². The number of aliphatic hydroxyl groups is 1. The fraction of sp³-hybridized carbons (Fsp3) is 0.714. The number of hydrogen-bond acceptors (Lipinski definition) is 4. The molecule has 0 aromatic heterocycles. The van der Waals surface area contributed by atoms with Gasteiger partial charge in [-0.3, -0.25) is 4.79 Å². The molecule has 5 atom stereocenters. The van der Waals surface area contributed by atoms with Crippen LogP contribution >= 0.6 is 11.6 Å². The summed E-state index contributed by atoms with van der Waals surface area (Å²) in [5, 5.41) is 13.4. The molecule has 0 saturated carbocycles. The molecule has 2 saturated heterocycles. The summed E-state index contributed by atoms with van der Waals surface area (Å²) in [4.78, 5) is 24.1. The molecule has 0 aromatic carbocycles. The van der Waals surface area contributed by atoms with E-state index in [0.29, 0.717) is 0 Å². The Morgan fingerprint density at radius 1 is 1.60 bits per heavy atom. The summed E-state index contributed by atoms with van der Waals surface area (Å²) in [6.45, 7) is 1.68. The standard InChI is InChI=1S/C14H18ClNO4/c1-13-9(7-15)11(18)16-14(13,12(19)20-13)10(17)8-5-3-2-4-6-8/h3,5,8-10,17H,2,4,6-7H2,1H3,(H,16,18)/t8?,9?,10-,13-,14-/m0/s1. The highest BCUT2D eigenvalue weighted by atomic mass is 35.5. The monoisotopic (exact) mass is 299 g/mol. The first-order valence-corrected chi connectivity index (χ1v) is 7.47. The molecule has 6 heteroatoms. The van der Waals surface area contributed by atoms with Gasteiger partial charge in [0.25, 0.3) is 0 Å². The Bertz CT molecular complexity index is 494. The number of carbonyl (C=O) groups excluding carboxylic acids is 2. The third-order valence-corrected chi connectivity index (χ3v) is 5.32. The second kappa shape index (κ2) is 4.46. The summed E-state index contributed by atoms with van der Waals surface area (Å²) in [7, 11) is 0. The number of allylic oxidation sites excluding steroid dienone is 1. The van der Waals surface area contributed by atoms with Gasteiger partial charge in [0.15, 0.2) is 5.60 Å².